The van der Waals surface area contributed by atoms with E-state index in [4.69, 9.17) is 4.74 Å². The van der Waals surface area contributed by atoms with Crippen LogP contribution in [-0.2, 0) is 28.8 Å². The maximum atomic E-state index is 11.9. The summed E-state index contributed by atoms with van der Waals surface area (Å²) in [6, 6.07) is 15.5. The number of aliphatic hydroxyl groups is 1. The molecule has 0 saturated heterocycles. The Bertz CT molecular complexity index is 867. The van der Waals surface area contributed by atoms with Crippen LogP contribution in [0.15, 0.2) is 54.6 Å². The minimum atomic E-state index is -0.401. The van der Waals surface area contributed by atoms with Gasteiger partial charge in [-0.1, -0.05) is 95.0 Å². The summed E-state index contributed by atoms with van der Waals surface area (Å²) in [6.07, 6.45) is 10.7. The van der Waals surface area contributed by atoms with Crippen molar-refractivity contribution < 1.29 is 14.6 Å². The molecule has 0 aliphatic heterocycles. The first-order valence-electron chi connectivity index (χ1n) is 12.7. The monoisotopic (exact) mass is 450 g/mol. The number of hydrogen-bond acceptors (Lipinski definition) is 3. The quantitative estimate of drug-likeness (QED) is 0.177. The largest absolute Gasteiger partial charge is 0.459 e. The summed E-state index contributed by atoms with van der Waals surface area (Å²) < 4.78 is 5.52. The number of carbonyl (C=O) groups is 1. The number of hydrogen-bond donors (Lipinski definition) is 1. The molecule has 180 valence electrons. The number of aryl methyl sites for hydroxylation is 2. The molecule has 0 heterocycles. The lowest BCUT2D eigenvalue weighted by atomic mass is 9.93. The normalized spacial score (nSPS) is 11.9. The minimum Gasteiger partial charge on any atom is -0.459 e. The van der Waals surface area contributed by atoms with E-state index in [0.29, 0.717) is 18.4 Å². The zero-order valence-corrected chi connectivity index (χ0v) is 20.9. The fourth-order valence-corrected chi connectivity index (χ4v) is 4.17. The first kappa shape index (κ1) is 26.9. The second kappa shape index (κ2) is 14.7. The molecule has 0 amide bonds. The van der Waals surface area contributed by atoms with Crippen LogP contribution in [0.25, 0.3) is 11.1 Å². The van der Waals surface area contributed by atoms with Crippen molar-refractivity contribution in [3.8, 4) is 11.1 Å². The molecule has 0 bridgehead atoms. The summed E-state index contributed by atoms with van der Waals surface area (Å²) >= 11 is 0. The van der Waals surface area contributed by atoms with Gasteiger partial charge in [-0.3, -0.25) is 0 Å². The highest BCUT2D eigenvalue weighted by Crippen LogP contribution is 2.27. The van der Waals surface area contributed by atoms with Crippen LogP contribution in [0.4, 0.5) is 0 Å². The Morgan fingerprint density at radius 1 is 0.970 bits per heavy atom. The highest BCUT2D eigenvalue weighted by molar-refractivity contribution is 5.87. The molecule has 0 aromatic heterocycles. The van der Waals surface area contributed by atoms with Crippen molar-refractivity contribution in [1.82, 2.24) is 0 Å². The molecule has 2 aromatic rings. The third kappa shape index (κ3) is 9.17. The van der Waals surface area contributed by atoms with Crippen molar-refractivity contribution in [2.24, 2.45) is 0 Å². The molecule has 0 fully saturated rings. The van der Waals surface area contributed by atoms with Gasteiger partial charge in [0.2, 0.25) is 0 Å². The third-order valence-corrected chi connectivity index (χ3v) is 6.17. The molecule has 3 nitrogen and oxygen atoms in total. The van der Waals surface area contributed by atoms with Crippen LogP contribution in [0.5, 0.6) is 0 Å². The van der Waals surface area contributed by atoms with Crippen molar-refractivity contribution in [3.05, 3.63) is 71.3 Å². The second-order valence-electron chi connectivity index (χ2n) is 9.08. The van der Waals surface area contributed by atoms with Crippen molar-refractivity contribution >= 4 is 5.97 Å². The van der Waals surface area contributed by atoms with Crippen LogP contribution in [0.2, 0.25) is 0 Å². The number of esters is 1. The highest BCUT2D eigenvalue weighted by atomic mass is 16.5. The molecule has 1 N–H and O–H groups in total. The zero-order chi connectivity index (χ0) is 24.1. The summed E-state index contributed by atoms with van der Waals surface area (Å²) in [5, 5.41) is 9.37. The minimum absolute atomic E-state index is 0.0159. The van der Waals surface area contributed by atoms with Crippen LogP contribution in [-0.4, -0.2) is 23.8 Å². The number of ether oxygens (including phenoxy) is 1. The van der Waals surface area contributed by atoms with Crippen molar-refractivity contribution in [2.75, 3.05) is 6.61 Å². The summed E-state index contributed by atoms with van der Waals surface area (Å²) in [5.74, 6) is -0.401. The predicted octanol–water partition coefficient (Wildman–Crippen LogP) is 7.23. The van der Waals surface area contributed by atoms with Gasteiger partial charge in [-0.05, 0) is 54.0 Å². The molecule has 0 aliphatic rings. The number of benzene rings is 2. The van der Waals surface area contributed by atoms with E-state index in [1.165, 1.54) is 60.8 Å². The van der Waals surface area contributed by atoms with Gasteiger partial charge in [0.25, 0.3) is 0 Å². The summed E-state index contributed by atoms with van der Waals surface area (Å²) in [5.41, 5.74) is 6.68. The first-order chi connectivity index (χ1) is 16.0. The van der Waals surface area contributed by atoms with E-state index in [2.05, 4.69) is 62.9 Å². The fraction of sp³-hybridized carbons (Fsp3) is 0.500. The molecule has 0 saturated carbocycles. The molecule has 2 aromatic carbocycles. The Kier molecular flexibility index (Phi) is 12.0. The van der Waals surface area contributed by atoms with Gasteiger partial charge in [0.1, 0.15) is 6.10 Å². The molecule has 0 aliphatic carbocycles. The van der Waals surface area contributed by atoms with Gasteiger partial charge < -0.3 is 9.84 Å². The van der Waals surface area contributed by atoms with Gasteiger partial charge in [-0.2, -0.15) is 0 Å². The van der Waals surface area contributed by atoms with Gasteiger partial charge in [-0.15, -0.1) is 0 Å². The lowest BCUT2D eigenvalue weighted by Gasteiger charge is -2.18. The van der Waals surface area contributed by atoms with E-state index < -0.39 is 5.97 Å². The predicted molar refractivity (Wildman–Crippen MR) is 138 cm³/mol. The van der Waals surface area contributed by atoms with E-state index in [1.807, 2.05) is 0 Å². The van der Waals surface area contributed by atoms with E-state index in [-0.39, 0.29) is 12.7 Å². The third-order valence-electron chi connectivity index (χ3n) is 6.17. The van der Waals surface area contributed by atoms with Crippen LogP contribution in [0, 0.1) is 0 Å². The molecular formula is C30H42O3. The van der Waals surface area contributed by atoms with Gasteiger partial charge in [0.05, 0.1) is 0 Å². The molecule has 1 atom stereocenters. The topological polar surface area (TPSA) is 46.5 Å². The maximum Gasteiger partial charge on any atom is 0.333 e. The average Bonchev–Trinajstić information content (AvgIpc) is 2.81. The van der Waals surface area contributed by atoms with Crippen molar-refractivity contribution in [2.45, 2.75) is 91.1 Å². The highest BCUT2D eigenvalue weighted by Gasteiger charge is 2.16. The van der Waals surface area contributed by atoms with E-state index >= 15 is 0 Å². The van der Waals surface area contributed by atoms with Crippen LogP contribution < -0.4 is 0 Å². The molecular weight excluding hydrogens is 408 g/mol. The van der Waals surface area contributed by atoms with E-state index in [1.54, 1.807) is 6.92 Å². The SMILES string of the molecule is C=C(C)C(=O)OC(CCO)Cc1ccc(-c2ccc(CCCCCCCC)cc2)c(CC)c1. The lowest BCUT2D eigenvalue weighted by molar-refractivity contribution is -0.144. The van der Waals surface area contributed by atoms with Crippen LogP contribution in [0.3, 0.4) is 0 Å². The van der Waals surface area contributed by atoms with Crippen molar-refractivity contribution in [1.29, 1.82) is 0 Å². The summed E-state index contributed by atoms with van der Waals surface area (Å²) in [6.45, 7) is 9.70. The molecule has 2 rings (SSSR count). The molecule has 3 heteroatoms. The lowest BCUT2D eigenvalue weighted by Crippen LogP contribution is -2.22. The average molecular weight is 451 g/mol. The maximum absolute atomic E-state index is 11.9. The second-order valence-corrected chi connectivity index (χ2v) is 9.08. The molecule has 33 heavy (non-hydrogen) atoms. The fourth-order valence-electron chi connectivity index (χ4n) is 4.17. The Hall–Kier alpha value is -2.39. The van der Waals surface area contributed by atoms with Crippen molar-refractivity contribution in [3.63, 3.8) is 0 Å². The summed E-state index contributed by atoms with van der Waals surface area (Å²) in [4.78, 5) is 11.9. The zero-order valence-electron chi connectivity index (χ0n) is 20.9. The Labute approximate surface area is 200 Å². The molecule has 0 radical (unpaired) electrons. The van der Waals surface area contributed by atoms with E-state index in [9.17, 15) is 9.90 Å². The number of rotatable bonds is 15. The smallest absolute Gasteiger partial charge is 0.333 e. The molecule has 1 unspecified atom stereocenters. The Morgan fingerprint density at radius 2 is 1.64 bits per heavy atom. The van der Waals surface area contributed by atoms with Gasteiger partial charge in [0, 0.05) is 25.0 Å². The van der Waals surface area contributed by atoms with Gasteiger partial charge in [0.15, 0.2) is 0 Å². The van der Waals surface area contributed by atoms with Gasteiger partial charge >= 0.3 is 5.97 Å². The van der Waals surface area contributed by atoms with Crippen LogP contribution >= 0.6 is 0 Å². The standard InChI is InChI=1S/C30H42O3/c1-5-7-8-9-10-11-12-24-13-16-27(17-14-24)29-18-15-25(21-26(29)6-2)22-28(19-20-31)33-30(32)23(3)4/h13-18,21,28,31H,3,5-12,19-20,22H2,1-2,4H3. The molecule has 0 spiro atoms. The first-order valence-corrected chi connectivity index (χ1v) is 12.7. The number of carbonyl (C=O) groups excluding carboxylic acids is 1. The Balaban J connectivity index is 2.03. The van der Waals surface area contributed by atoms with Gasteiger partial charge in [-0.25, -0.2) is 4.79 Å². The number of unbranched alkanes of at least 4 members (excludes halogenated alkanes) is 5. The summed E-state index contributed by atoms with van der Waals surface area (Å²) in [7, 11) is 0. The Morgan fingerprint density at radius 3 is 2.27 bits per heavy atom. The van der Waals surface area contributed by atoms with Crippen LogP contribution in [0.1, 0.15) is 82.4 Å². The number of aliphatic hydroxyl groups excluding tert-OH is 1. The van der Waals surface area contributed by atoms with E-state index in [0.717, 1.165) is 18.4 Å².